The van der Waals surface area contributed by atoms with Crippen LogP contribution in [0.3, 0.4) is 0 Å². The predicted octanol–water partition coefficient (Wildman–Crippen LogP) is 1.80. The Hall–Kier alpha value is -1.88. The average molecular weight is 221 g/mol. The van der Waals surface area contributed by atoms with Gasteiger partial charge in [-0.05, 0) is 6.07 Å². The molecule has 1 atom stereocenters. The lowest BCUT2D eigenvalue weighted by Crippen LogP contribution is -2.14. The molecule has 2 rings (SSSR count). The van der Waals surface area contributed by atoms with Gasteiger partial charge in [0.2, 0.25) is 0 Å². The van der Waals surface area contributed by atoms with Crippen LogP contribution in [-0.4, -0.2) is 9.97 Å². The molecule has 0 aliphatic heterocycles. The van der Waals surface area contributed by atoms with E-state index in [1.165, 1.54) is 30.9 Å². The van der Waals surface area contributed by atoms with Crippen molar-refractivity contribution in [1.82, 2.24) is 9.97 Å². The van der Waals surface area contributed by atoms with Crippen LogP contribution < -0.4 is 5.73 Å². The molecule has 1 heterocycles. The van der Waals surface area contributed by atoms with E-state index in [4.69, 9.17) is 5.73 Å². The van der Waals surface area contributed by atoms with Crippen LogP contribution in [0.1, 0.15) is 17.2 Å². The van der Waals surface area contributed by atoms with E-state index in [2.05, 4.69) is 9.97 Å². The quantitative estimate of drug-likeness (QED) is 0.841. The van der Waals surface area contributed by atoms with Crippen molar-refractivity contribution in [2.75, 3.05) is 0 Å². The smallest absolute Gasteiger partial charge is 0.131 e. The summed E-state index contributed by atoms with van der Waals surface area (Å²) >= 11 is 0. The second-order valence-electron chi connectivity index (χ2n) is 3.32. The van der Waals surface area contributed by atoms with E-state index in [0.717, 1.165) is 6.07 Å². The Bertz CT molecular complexity index is 488. The zero-order valence-corrected chi connectivity index (χ0v) is 8.27. The summed E-state index contributed by atoms with van der Waals surface area (Å²) in [6.45, 7) is 0. The lowest BCUT2D eigenvalue weighted by Gasteiger charge is -2.12. The number of nitrogens with zero attached hydrogens (tertiary/aromatic N) is 2. The van der Waals surface area contributed by atoms with E-state index in [1.807, 2.05) is 0 Å². The maximum atomic E-state index is 13.4. The van der Waals surface area contributed by atoms with Crippen LogP contribution in [0.5, 0.6) is 0 Å². The molecule has 0 spiro atoms. The zero-order valence-electron chi connectivity index (χ0n) is 8.27. The van der Waals surface area contributed by atoms with Gasteiger partial charge in [0, 0.05) is 29.6 Å². The SMILES string of the molecule is NC(c1cncnc1)c1ccc(F)cc1F. The summed E-state index contributed by atoms with van der Waals surface area (Å²) in [7, 11) is 0. The summed E-state index contributed by atoms with van der Waals surface area (Å²) in [6.07, 6.45) is 4.36. The maximum Gasteiger partial charge on any atom is 0.131 e. The summed E-state index contributed by atoms with van der Waals surface area (Å²) in [5.74, 6) is -1.30. The van der Waals surface area contributed by atoms with Crippen molar-refractivity contribution in [3.05, 3.63) is 59.7 Å². The fraction of sp³-hybridized carbons (Fsp3) is 0.0909. The molecule has 2 aromatic rings. The first-order valence-corrected chi connectivity index (χ1v) is 4.64. The van der Waals surface area contributed by atoms with E-state index < -0.39 is 17.7 Å². The van der Waals surface area contributed by atoms with E-state index in [1.54, 1.807) is 0 Å². The molecule has 0 bridgehead atoms. The topological polar surface area (TPSA) is 51.8 Å². The van der Waals surface area contributed by atoms with Gasteiger partial charge in [0.15, 0.2) is 0 Å². The van der Waals surface area contributed by atoms with Crippen molar-refractivity contribution in [2.24, 2.45) is 5.73 Å². The fourth-order valence-electron chi connectivity index (χ4n) is 1.40. The van der Waals surface area contributed by atoms with Crippen LogP contribution in [0.25, 0.3) is 0 Å². The molecular weight excluding hydrogens is 212 g/mol. The van der Waals surface area contributed by atoms with Crippen molar-refractivity contribution in [3.8, 4) is 0 Å². The van der Waals surface area contributed by atoms with Crippen molar-refractivity contribution in [3.63, 3.8) is 0 Å². The Morgan fingerprint density at radius 1 is 1.12 bits per heavy atom. The molecule has 2 N–H and O–H groups in total. The molecule has 3 nitrogen and oxygen atoms in total. The first-order valence-electron chi connectivity index (χ1n) is 4.64. The molecule has 0 radical (unpaired) electrons. The lowest BCUT2D eigenvalue weighted by molar-refractivity contribution is 0.565. The molecule has 82 valence electrons. The second-order valence-corrected chi connectivity index (χ2v) is 3.32. The molecule has 16 heavy (non-hydrogen) atoms. The van der Waals surface area contributed by atoms with Gasteiger partial charge in [-0.3, -0.25) is 0 Å². The highest BCUT2D eigenvalue weighted by atomic mass is 19.1. The molecule has 0 saturated heterocycles. The maximum absolute atomic E-state index is 13.4. The van der Waals surface area contributed by atoms with Crippen LogP contribution in [0, 0.1) is 11.6 Å². The summed E-state index contributed by atoms with van der Waals surface area (Å²) in [5.41, 5.74) is 6.62. The van der Waals surface area contributed by atoms with E-state index in [0.29, 0.717) is 5.56 Å². The summed E-state index contributed by atoms with van der Waals surface area (Å²) < 4.78 is 26.1. The van der Waals surface area contributed by atoms with Crippen LogP contribution in [0.15, 0.2) is 36.9 Å². The molecule has 5 heteroatoms. The summed E-state index contributed by atoms with van der Waals surface area (Å²) in [6, 6.07) is 2.60. The van der Waals surface area contributed by atoms with Crippen molar-refractivity contribution >= 4 is 0 Å². The Balaban J connectivity index is 2.38. The molecule has 0 aliphatic carbocycles. The molecule has 1 aromatic heterocycles. The molecule has 0 aliphatic rings. The Labute approximate surface area is 91.0 Å². The fourth-order valence-corrected chi connectivity index (χ4v) is 1.40. The third-order valence-corrected chi connectivity index (χ3v) is 2.24. The average Bonchev–Trinajstić information content (AvgIpc) is 2.29. The first-order chi connectivity index (χ1) is 7.68. The predicted molar refractivity (Wildman–Crippen MR) is 54.4 cm³/mol. The van der Waals surface area contributed by atoms with Crippen LogP contribution >= 0.6 is 0 Å². The molecule has 0 fully saturated rings. The Kier molecular flexibility index (Phi) is 2.87. The number of nitrogens with two attached hydrogens (primary N) is 1. The van der Waals surface area contributed by atoms with Crippen molar-refractivity contribution < 1.29 is 8.78 Å². The van der Waals surface area contributed by atoms with Gasteiger partial charge in [0.05, 0.1) is 6.04 Å². The zero-order chi connectivity index (χ0) is 11.5. The Morgan fingerprint density at radius 2 is 1.81 bits per heavy atom. The molecule has 0 amide bonds. The highest BCUT2D eigenvalue weighted by molar-refractivity contribution is 5.29. The number of hydrogen-bond donors (Lipinski definition) is 1. The summed E-state index contributed by atoms with van der Waals surface area (Å²) in [4.78, 5) is 7.58. The summed E-state index contributed by atoms with van der Waals surface area (Å²) in [5, 5.41) is 0. The van der Waals surface area contributed by atoms with Gasteiger partial charge < -0.3 is 5.73 Å². The third-order valence-electron chi connectivity index (χ3n) is 2.24. The van der Waals surface area contributed by atoms with Crippen LogP contribution in [0.4, 0.5) is 8.78 Å². The second kappa shape index (κ2) is 4.32. The minimum Gasteiger partial charge on any atom is -0.320 e. The molecular formula is C11H9F2N3. The van der Waals surface area contributed by atoms with E-state index in [9.17, 15) is 8.78 Å². The largest absolute Gasteiger partial charge is 0.320 e. The van der Waals surface area contributed by atoms with E-state index >= 15 is 0 Å². The highest BCUT2D eigenvalue weighted by Gasteiger charge is 2.14. The molecule has 1 aromatic carbocycles. The van der Waals surface area contributed by atoms with Gasteiger partial charge in [-0.2, -0.15) is 0 Å². The highest BCUT2D eigenvalue weighted by Crippen LogP contribution is 2.21. The molecule has 0 saturated carbocycles. The van der Waals surface area contributed by atoms with Gasteiger partial charge in [-0.15, -0.1) is 0 Å². The third kappa shape index (κ3) is 2.04. The number of benzene rings is 1. The monoisotopic (exact) mass is 221 g/mol. The first kappa shape index (κ1) is 10.6. The number of rotatable bonds is 2. The van der Waals surface area contributed by atoms with Gasteiger partial charge >= 0.3 is 0 Å². The van der Waals surface area contributed by atoms with Crippen LogP contribution in [-0.2, 0) is 0 Å². The van der Waals surface area contributed by atoms with Gasteiger partial charge in [0.25, 0.3) is 0 Å². The standard InChI is InChI=1S/C11H9F2N3/c12-8-1-2-9(10(13)3-8)11(14)7-4-15-6-16-5-7/h1-6,11H,14H2. The number of aromatic nitrogens is 2. The van der Waals surface area contributed by atoms with Gasteiger partial charge in [-0.1, -0.05) is 6.07 Å². The van der Waals surface area contributed by atoms with Gasteiger partial charge in [-0.25, -0.2) is 18.7 Å². The lowest BCUT2D eigenvalue weighted by atomic mass is 10.0. The van der Waals surface area contributed by atoms with E-state index in [-0.39, 0.29) is 5.56 Å². The molecule has 1 unspecified atom stereocenters. The van der Waals surface area contributed by atoms with Crippen LogP contribution in [0.2, 0.25) is 0 Å². The number of halogens is 2. The van der Waals surface area contributed by atoms with Crippen molar-refractivity contribution in [1.29, 1.82) is 0 Å². The number of hydrogen-bond acceptors (Lipinski definition) is 3. The minimum absolute atomic E-state index is 0.219. The normalized spacial score (nSPS) is 12.4. The Morgan fingerprint density at radius 3 is 2.44 bits per heavy atom. The minimum atomic E-state index is -0.693. The van der Waals surface area contributed by atoms with Crippen molar-refractivity contribution in [2.45, 2.75) is 6.04 Å². The van der Waals surface area contributed by atoms with Gasteiger partial charge in [0.1, 0.15) is 18.0 Å².